The molecule has 1 unspecified atom stereocenters. The first-order chi connectivity index (χ1) is 11.5. The predicted molar refractivity (Wildman–Crippen MR) is 91.7 cm³/mol. The van der Waals surface area contributed by atoms with Gasteiger partial charge in [0.15, 0.2) is 6.10 Å². The molecular weight excluding hydrogens is 304 g/mol. The Morgan fingerprint density at radius 1 is 0.917 bits per heavy atom. The van der Waals surface area contributed by atoms with Crippen LogP contribution in [0.4, 0.5) is 0 Å². The monoisotopic (exact) mass is 326 g/mol. The molecule has 2 aromatic carbocycles. The lowest BCUT2D eigenvalue weighted by molar-refractivity contribution is -0.165. The zero-order chi connectivity index (χ0) is 17.5. The minimum atomic E-state index is -1.13. The number of aliphatic carboxylic acids is 1. The number of ether oxygens (including phenoxy) is 1. The van der Waals surface area contributed by atoms with Crippen molar-refractivity contribution >= 4 is 11.9 Å². The van der Waals surface area contributed by atoms with E-state index in [2.05, 4.69) is 0 Å². The van der Waals surface area contributed by atoms with Crippen LogP contribution < -0.4 is 0 Å². The fourth-order valence-corrected chi connectivity index (χ4v) is 2.59. The van der Waals surface area contributed by atoms with Crippen molar-refractivity contribution in [3.63, 3.8) is 0 Å². The lowest BCUT2D eigenvalue weighted by atomic mass is 9.91. The largest absolute Gasteiger partial charge is 0.479 e. The van der Waals surface area contributed by atoms with Gasteiger partial charge in [-0.1, -0.05) is 74.5 Å². The van der Waals surface area contributed by atoms with E-state index in [0.717, 1.165) is 11.1 Å². The van der Waals surface area contributed by atoms with Crippen molar-refractivity contribution in [3.8, 4) is 0 Å². The van der Waals surface area contributed by atoms with E-state index in [1.54, 1.807) is 0 Å². The molecule has 0 bridgehead atoms. The molecule has 126 valence electrons. The van der Waals surface area contributed by atoms with Gasteiger partial charge < -0.3 is 9.84 Å². The fraction of sp³-hybridized carbons (Fsp3) is 0.300. The molecule has 0 aliphatic rings. The molecule has 24 heavy (non-hydrogen) atoms. The van der Waals surface area contributed by atoms with Crippen molar-refractivity contribution in [1.29, 1.82) is 0 Å². The first kappa shape index (κ1) is 17.7. The molecule has 0 heterocycles. The zero-order valence-corrected chi connectivity index (χ0v) is 13.9. The lowest BCUT2D eigenvalue weighted by Crippen LogP contribution is -2.31. The summed E-state index contributed by atoms with van der Waals surface area (Å²) >= 11 is 0. The number of carboxylic acids is 1. The summed E-state index contributed by atoms with van der Waals surface area (Å²) in [6.45, 7) is 3.80. The van der Waals surface area contributed by atoms with Crippen LogP contribution >= 0.6 is 0 Å². The number of esters is 1. The SMILES string of the molecule is CC(C)CC(OC(=O)C(c1ccccc1)c1ccccc1)C(=O)O. The van der Waals surface area contributed by atoms with Gasteiger partial charge in [-0.05, 0) is 23.5 Å². The first-order valence-electron chi connectivity index (χ1n) is 8.02. The van der Waals surface area contributed by atoms with E-state index in [4.69, 9.17) is 4.74 Å². The average Bonchev–Trinajstić information content (AvgIpc) is 2.56. The zero-order valence-electron chi connectivity index (χ0n) is 13.9. The summed E-state index contributed by atoms with van der Waals surface area (Å²) in [6, 6.07) is 18.5. The molecule has 2 aromatic rings. The number of carbonyl (C=O) groups excluding carboxylic acids is 1. The molecule has 0 aliphatic carbocycles. The second kappa shape index (κ2) is 8.29. The van der Waals surface area contributed by atoms with E-state index < -0.39 is 24.0 Å². The minimum Gasteiger partial charge on any atom is -0.479 e. The van der Waals surface area contributed by atoms with E-state index in [0.29, 0.717) is 0 Å². The molecule has 2 rings (SSSR count). The molecule has 0 saturated heterocycles. The van der Waals surface area contributed by atoms with Crippen LogP contribution in [0.3, 0.4) is 0 Å². The van der Waals surface area contributed by atoms with Gasteiger partial charge in [-0.25, -0.2) is 4.79 Å². The highest BCUT2D eigenvalue weighted by molar-refractivity contribution is 5.85. The standard InChI is InChI=1S/C20H22O4/c1-14(2)13-17(19(21)22)24-20(23)18(15-9-5-3-6-10-15)16-11-7-4-8-12-16/h3-12,14,17-18H,13H2,1-2H3,(H,21,22). The third-order valence-electron chi connectivity index (χ3n) is 3.72. The van der Waals surface area contributed by atoms with E-state index in [9.17, 15) is 14.7 Å². The van der Waals surface area contributed by atoms with Gasteiger partial charge in [0.25, 0.3) is 0 Å². The van der Waals surface area contributed by atoms with E-state index in [-0.39, 0.29) is 12.3 Å². The molecule has 0 spiro atoms. The van der Waals surface area contributed by atoms with Crippen molar-refractivity contribution in [2.24, 2.45) is 5.92 Å². The minimum absolute atomic E-state index is 0.116. The van der Waals surface area contributed by atoms with Crippen molar-refractivity contribution in [1.82, 2.24) is 0 Å². The molecule has 4 nitrogen and oxygen atoms in total. The van der Waals surface area contributed by atoms with Gasteiger partial charge in [-0.15, -0.1) is 0 Å². The summed E-state index contributed by atoms with van der Waals surface area (Å²) in [6.07, 6.45) is -0.843. The number of hydrogen-bond acceptors (Lipinski definition) is 3. The smallest absolute Gasteiger partial charge is 0.345 e. The van der Waals surface area contributed by atoms with E-state index in [1.807, 2.05) is 74.5 Å². The molecule has 0 saturated carbocycles. The molecule has 0 radical (unpaired) electrons. The van der Waals surface area contributed by atoms with Crippen LogP contribution in [0.2, 0.25) is 0 Å². The Hall–Kier alpha value is -2.62. The molecule has 1 N–H and O–H groups in total. The van der Waals surface area contributed by atoms with Crippen LogP contribution in [0.25, 0.3) is 0 Å². The maximum Gasteiger partial charge on any atom is 0.345 e. The maximum absolute atomic E-state index is 12.8. The highest BCUT2D eigenvalue weighted by Crippen LogP contribution is 2.27. The quantitative estimate of drug-likeness (QED) is 0.785. The molecule has 0 aromatic heterocycles. The van der Waals surface area contributed by atoms with Crippen LogP contribution in [-0.2, 0) is 14.3 Å². The summed E-state index contributed by atoms with van der Waals surface area (Å²) in [5.41, 5.74) is 1.56. The molecule has 1 atom stereocenters. The van der Waals surface area contributed by atoms with Gasteiger partial charge >= 0.3 is 11.9 Å². The van der Waals surface area contributed by atoms with Crippen LogP contribution in [0.5, 0.6) is 0 Å². The van der Waals surface area contributed by atoms with Crippen LogP contribution in [0, 0.1) is 5.92 Å². The predicted octanol–water partition coefficient (Wildman–Crippen LogP) is 3.86. The molecule has 4 heteroatoms. The average molecular weight is 326 g/mol. The summed E-state index contributed by atoms with van der Waals surface area (Å²) < 4.78 is 5.36. The van der Waals surface area contributed by atoms with Crippen molar-refractivity contribution < 1.29 is 19.4 Å². The Labute approximate surface area is 142 Å². The van der Waals surface area contributed by atoms with Crippen LogP contribution in [0.1, 0.15) is 37.3 Å². The first-order valence-corrected chi connectivity index (χ1v) is 8.02. The molecule has 0 amide bonds. The maximum atomic E-state index is 12.8. The molecular formula is C20H22O4. The number of carboxylic acid groups (broad SMARTS) is 1. The Morgan fingerprint density at radius 2 is 1.38 bits per heavy atom. The topological polar surface area (TPSA) is 63.6 Å². The van der Waals surface area contributed by atoms with Crippen LogP contribution in [0.15, 0.2) is 60.7 Å². The van der Waals surface area contributed by atoms with Gasteiger partial charge in [-0.2, -0.15) is 0 Å². The fourth-order valence-electron chi connectivity index (χ4n) is 2.59. The van der Waals surface area contributed by atoms with Crippen molar-refractivity contribution in [2.45, 2.75) is 32.3 Å². The summed E-state index contributed by atoms with van der Waals surface area (Å²) in [5, 5.41) is 9.32. The second-order valence-corrected chi connectivity index (χ2v) is 6.15. The Balaban J connectivity index is 2.30. The Morgan fingerprint density at radius 3 is 1.75 bits per heavy atom. The van der Waals surface area contributed by atoms with Gasteiger partial charge in [0.1, 0.15) is 5.92 Å². The Kier molecular flexibility index (Phi) is 6.13. The van der Waals surface area contributed by atoms with E-state index in [1.165, 1.54) is 0 Å². The molecule has 0 fully saturated rings. The van der Waals surface area contributed by atoms with Gasteiger partial charge in [0.05, 0.1) is 0 Å². The highest BCUT2D eigenvalue weighted by Gasteiger charge is 2.30. The number of carbonyl (C=O) groups is 2. The summed E-state index contributed by atoms with van der Waals surface area (Å²) in [7, 11) is 0. The summed E-state index contributed by atoms with van der Waals surface area (Å²) in [5.74, 6) is -2.18. The second-order valence-electron chi connectivity index (χ2n) is 6.15. The van der Waals surface area contributed by atoms with Crippen LogP contribution in [-0.4, -0.2) is 23.1 Å². The third-order valence-corrected chi connectivity index (χ3v) is 3.72. The van der Waals surface area contributed by atoms with Gasteiger partial charge in [0.2, 0.25) is 0 Å². The van der Waals surface area contributed by atoms with Gasteiger partial charge in [-0.3, -0.25) is 4.79 Å². The van der Waals surface area contributed by atoms with Crippen molar-refractivity contribution in [3.05, 3.63) is 71.8 Å². The molecule has 0 aliphatic heterocycles. The highest BCUT2D eigenvalue weighted by atomic mass is 16.6. The third kappa shape index (κ3) is 4.69. The van der Waals surface area contributed by atoms with Crippen molar-refractivity contribution in [2.75, 3.05) is 0 Å². The summed E-state index contributed by atoms with van der Waals surface area (Å²) in [4.78, 5) is 24.1. The lowest BCUT2D eigenvalue weighted by Gasteiger charge is -2.21. The number of benzene rings is 2. The van der Waals surface area contributed by atoms with E-state index >= 15 is 0 Å². The Bertz CT molecular complexity index is 625. The normalized spacial score (nSPS) is 12.2. The number of hydrogen-bond donors (Lipinski definition) is 1. The number of rotatable bonds is 7. The van der Waals surface area contributed by atoms with Gasteiger partial charge in [0, 0.05) is 0 Å².